The summed E-state index contributed by atoms with van der Waals surface area (Å²) in [6.45, 7) is 3.31. The molecule has 1 aliphatic carbocycles. The second-order valence-corrected chi connectivity index (χ2v) is 8.00. The molecule has 1 aliphatic rings. The number of amides is 1. The van der Waals surface area contributed by atoms with E-state index >= 15 is 0 Å². The summed E-state index contributed by atoms with van der Waals surface area (Å²) in [4.78, 5) is 16.4. The first kappa shape index (κ1) is 18.2. The van der Waals surface area contributed by atoms with Crippen LogP contribution in [0.1, 0.15) is 48.7 Å². The molecular weight excluding hydrogens is 340 g/mol. The van der Waals surface area contributed by atoms with Gasteiger partial charge in [0.2, 0.25) is 0 Å². The Kier molecular flexibility index (Phi) is 6.00. The number of halogens is 1. The molecule has 128 valence electrons. The normalized spacial score (nSPS) is 21.9. The molecule has 1 N–H and O–H groups in total. The van der Waals surface area contributed by atoms with Crippen LogP contribution in [0.25, 0.3) is 0 Å². The maximum atomic E-state index is 12.3. The summed E-state index contributed by atoms with van der Waals surface area (Å²) < 4.78 is 28.1. The second kappa shape index (κ2) is 7.59. The summed E-state index contributed by atoms with van der Waals surface area (Å²) in [5.41, 5.74) is 1.09. The van der Waals surface area contributed by atoms with Crippen LogP contribution < -0.4 is 5.32 Å². The molecule has 23 heavy (non-hydrogen) atoms. The fraction of sp³-hybridized carbons (Fsp3) is 0.600. The lowest BCUT2D eigenvalue weighted by molar-refractivity contribution is 0.0896. The summed E-state index contributed by atoms with van der Waals surface area (Å²) in [6, 6.07) is 1.60. The third-order valence-electron chi connectivity index (χ3n) is 3.94. The van der Waals surface area contributed by atoms with Crippen molar-refractivity contribution in [1.29, 1.82) is 0 Å². The fourth-order valence-electron chi connectivity index (χ4n) is 2.58. The molecule has 2 rings (SSSR count). The lowest BCUT2D eigenvalue weighted by atomic mass is 9.93. The van der Waals surface area contributed by atoms with Crippen LogP contribution in [0.2, 0.25) is 5.02 Å². The number of aryl methyl sites for hydroxylation is 1. The molecule has 1 amide bonds. The molecule has 8 heteroatoms. The highest BCUT2D eigenvalue weighted by molar-refractivity contribution is 7.86. The van der Waals surface area contributed by atoms with Gasteiger partial charge < -0.3 is 5.32 Å². The molecule has 1 aromatic heterocycles. The van der Waals surface area contributed by atoms with E-state index in [1.165, 1.54) is 6.20 Å². The van der Waals surface area contributed by atoms with Crippen molar-refractivity contribution in [2.75, 3.05) is 5.75 Å². The summed E-state index contributed by atoms with van der Waals surface area (Å²) in [5, 5.41) is 3.38. The minimum atomic E-state index is -3.42. The number of pyridine rings is 1. The van der Waals surface area contributed by atoms with Gasteiger partial charge in [0.25, 0.3) is 16.0 Å². The molecule has 0 saturated heterocycles. The van der Waals surface area contributed by atoms with Gasteiger partial charge in [0.1, 0.15) is 0 Å². The molecule has 0 atom stereocenters. The van der Waals surface area contributed by atoms with E-state index in [1.807, 2.05) is 0 Å². The average Bonchev–Trinajstić information content (AvgIpc) is 2.51. The van der Waals surface area contributed by atoms with Gasteiger partial charge in [-0.2, -0.15) is 8.42 Å². The first-order valence-corrected chi connectivity index (χ1v) is 9.60. The minimum Gasteiger partial charge on any atom is -0.349 e. The predicted octanol–water partition coefficient (Wildman–Crippen LogP) is 2.45. The molecule has 0 aliphatic heterocycles. The first-order chi connectivity index (χ1) is 10.8. The highest BCUT2D eigenvalue weighted by Gasteiger charge is 2.26. The maximum Gasteiger partial charge on any atom is 0.267 e. The Hall–Kier alpha value is -1.18. The third-order valence-corrected chi connectivity index (χ3v) is 5.42. The molecule has 1 fully saturated rings. The van der Waals surface area contributed by atoms with Crippen molar-refractivity contribution in [3.63, 3.8) is 0 Å². The minimum absolute atomic E-state index is 0.00469. The number of aromatic nitrogens is 1. The highest BCUT2D eigenvalue weighted by atomic mass is 35.5. The molecule has 1 heterocycles. The Morgan fingerprint density at radius 3 is 2.65 bits per heavy atom. The van der Waals surface area contributed by atoms with Gasteiger partial charge in [-0.05, 0) is 45.6 Å². The molecule has 0 bridgehead atoms. The molecule has 0 unspecified atom stereocenters. The van der Waals surface area contributed by atoms with Crippen molar-refractivity contribution in [2.45, 2.75) is 51.7 Å². The zero-order valence-corrected chi connectivity index (χ0v) is 14.8. The summed E-state index contributed by atoms with van der Waals surface area (Å²) in [6.07, 6.45) is 3.80. The van der Waals surface area contributed by atoms with Crippen LogP contribution >= 0.6 is 11.6 Å². The highest BCUT2D eigenvalue weighted by Crippen LogP contribution is 2.23. The number of nitrogens with one attached hydrogen (secondary N) is 1. The van der Waals surface area contributed by atoms with Gasteiger partial charge in [-0.3, -0.25) is 14.0 Å². The lowest BCUT2D eigenvalue weighted by Crippen LogP contribution is -2.39. The number of hydrogen-bond acceptors (Lipinski definition) is 5. The Morgan fingerprint density at radius 2 is 2.04 bits per heavy atom. The quantitative estimate of drug-likeness (QED) is 0.815. The number of nitrogens with zero attached hydrogens (tertiary/aromatic N) is 1. The van der Waals surface area contributed by atoms with Crippen LogP contribution in [0.4, 0.5) is 0 Å². The molecule has 0 spiro atoms. The van der Waals surface area contributed by atoms with E-state index in [0.29, 0.717) is 42.0 Å². The molecule has 0 aromatic carbocycles. The van der Waals surface area contributed by atoms with Gasteiger partial charge in [0.15, 0.2) is 0 Å². The number of carbonyl (C=O) groups excluding carboxylic acids is 1. The van der Waals surface area contributed by atoms with E-state index < -0.39 is 10.1 Å². The zero-order valence-electron chi connectivity index (χ0n) is 13.2. The van der Waals surface area contributed by atoms with Crippen LogP contribution in [0.3, 0.4) is 0 Å². The number of hydrogen-bond donors (Lipinski definition) is 1. The van der Waals surface area contributed by atoms with E-state index in [2.05, 4.69) is 10.3 Å². The van der Waals surface area contributed by atoms with Crippen molar-refractivity contribution >= 4 is 27.6 Å². The van der Waals surface area contributed by atoms with Crippen molar-refractivity contribution in [2.24, 2.45) is 0 Å². The molecule has 0 radical (unpaired) electrons. The van der Waals surface area contributed by atoms with E-state index in [0.717, 1.165) is 0 Å². The number of rotatable bonds is 5. The second-order valence-electron chi connectivity index (χ2n) is 5.68. The van der Waals surface area contributed by atoms with Crippen LogP contribution in [0.15, 0.2) is 12.3 Å². The van der Waals surface area contributed by atoms with Gasteiger partial charge >= 0.3 is 0 Å². The Morgan fingerprint density at radius 1 is 1.39 bits per heavy atom. The van der Waals surface area contributed by atoms with Crippen molar-refractivity contribution < 1.29 is 17.4 Å². The SMILES string of the molecule is CCS(=O)(=O)OC1CCC(NC(=O)c2cc(Cl)cnc2C)CC1. The largest absolute Gasteiger partial charge is 0.349 e. The summed E-state index contributed by atoms with van der Waals surface area (Å²) in [7, 11) is -3.42. The van der Waals surface area contributed by atoms with Crippen LogP contribution in [0.5, 0.6) is 0 Å². The van der Waals surface area contributed by atoms with E-state index in [9.17, 15) is 13.2 Å². The Balaban J connectivity index is 1.89. The van der Waals surface area contributed by atoms with E-state index in [-0.39, 0.29) is 23.8 Å². The van der Waals surface area contributed by atoms with Crippen molar-refractivity contribution in [3.05, 3.63) is 28.5 Å². The lowest BCUT2D eigenvalue weighted by Gasteiger charge is -2.28. The monoisotopic (exact) mass is 360 g/mol. The summed E-state index contributed by atoms with van der Waals surface area (Å²) in [5.74, 6) is -0.229. The van der Waals surface area contributed by atoms with Crippen LogP contribution in [0, 0.1) is 6.92 Å². The van der Waals surface area contributed by atoms with Crippen LogP contribution in [-0.2, 0) is 14.3 Å². The Bertz CT molecular complexity index is 670. The van der Waals surface area contributed by atoms with Gasteiger partial charge in [0.05, 0.1) is 28.1 Å². The van der Waals surface area contributed by atoms with E-state index in [4.69, 9.17) is 15.8 Å². The maximum absolute atomic E-state index is 12.3. The van der Waals surface area contributed by atoms with E-state index in [1.54, 1.807) is 19.9 Å². The molecule has 1 saturated carbocycles. The van der Waals surface area contributed by atoms with Crippen molar-refractivity contribution in [1.82, 2.24) is 10.3 Å². The smallest absolute Gasteiger partial charge is 0.267 e. The van der Waals surface area contributed by atoms with Gasteiger partial charge in [0, 0.05) is 12.2 Å². The van der Waals surface area contributed by atoms with Gasteiger partial charge in [-0.1, -0.05) is 11.6 Å². The van der Waals surface area contributed by atoms with Crippen LogP contribution in [-0.4, -0.2) is 37.2 Å². The Labute approximate surface area is 141 Å². The topological polar surface area (TPSA) is 85.4 Å². The third kappa shape index (κ3) is 5.16. The van der Waals surface area contributed by atoms with Gasteiger partial charge in [-0.25, -0.2) is 0 Å². The van der Waals surface area contributed by atoms with Gasteiger partial charge in [-0.15, -0.1) is 0 Å². The average molecular weight is 361 g/mol. The summed E-state index contributed by atoms with van der Waals surface area (Å²) >= 11 is 5.88. The molecule has 1 aromatic rings. The predicted molar refractivity (Wildman–Crippen MR) is 88.0 cm³/mol. The number of carbonyl (C=O) groups is 1. The molecular formula is C15H21ClN2O4S. The fourth-order valence-corrected chi connectivity index (χ4v) is 3.48. The standard InChI is InChI=1S/C15H21ClN2O4S/c1-3-23(20,21)22-13-6-4-12(5-7-13)18-15(19)14-8-11(16)9-17-10(14)2/h8-9,12-13H,3-7H2,1-2H3,(H,18,19). The molecule has 6 nitrogen and oxygen atoms in total. The zero-order chi connectivity index (χ0) is 17.0. The first-order valence-electron chi connectivity index (χ1n) is 7.64. The van der Waals surface area contributed by atoms with Crippen molar-refractivity contribution in [3.8, 4) is 0 Å².